The van der Waals surface area contributed by atoms with E-state index in [0.29, 0.717) is 19.4 Å². The average Bonchev–Trinajstić information content (AvgIpc) is 2.38. The van der Waals surface area contributed by atoms with Gasteiger partial charge in [0.2, 0.25) is 5.91 Å². The second kappa shape index (κ2) is 6.33. The molecule has 1 saturated heterocycles. The Bertz CT molecular complexity index is 346. The molecule has 0 bridgehead atoms. The standard InChI is InChI=1S/C14H23F3N2O/c15-14(16,17)11-4-2-6-19(9-11)13(20)8-10-3-1-5-12(18)7-10/h10-12H,1-9,18H2. The number of hydrogen-bond acceptors (Lipinski definition) is 2. The van der Waals surface area contributed by atoms with Gasteiger partial charge in [0.1, 0.15) is 0 Å². The summed E-state index contributed by atoms with van der Waals surface area (Å²) < 4.78 is 38.2. The van der Waals surface area contributed by atoms with Crippen molar-refractivity contribution in [2.24, 2.45) is 17.6 Å². The van der Waals surface area contributed by atoms with Crippen LogP contribution in [0.3, 0.4) is 0 Å². The van der Waals surface area contributed by atoms with Crippen molar-refractivity contribution < 1.29 is 18.0 Å². The number of hydrogen-bond donors (Lipinski definition) is 1. The van der Waals surface area contributed by atoms with Gasteiger partial charge in [-0.3, -0.25) is 4.79 Å². The van der Waals surface area contributed by atoms with Gasteiger partial charge in [-0.25, -0.2) is 0 Å². The van der Waals surface area contributed by atoms with Gasteiger partial charge in [0.25, 0.3) is 0 Å². The number of likely N-dealkylation sites (tertiary alicyclic amines) is 1. The maximum absolute atomic E-state index is 12.7. The Morgan fingerprint density at radius 1 is 1.20 bits per heavy atom. The summed E-state index contributed by atoms with van der Waals surface area (Å²) in [6.45, 7) is 0.297. The summed E-state index contributed by atoms with van der Waals surface area (Å²) in [6, 6.07) is 0.144. The van der Waals surface area contributed by atoms with Gasteiger partial charge in [0, 0.05) is 25.6 Å². The van der Waals surface area contributed by atoms with Crippen molar-refractivity contribution in [2.45, 2.75) is 57.2 Å². The second-order valence-electron chi connectivity index (χ2n) is 6.22. The Morgan fingerprint density at radius 3 is 2.60 bits per heavy atom. The summed E-state index contributed by atoms with van der Waals surface area (Å²) in [5, 5.41) is 0. The largest absolute Gasteiger partial charge is 0.393 e. The Labute approximate surface area is 117 Å². The molecule has 0 spiro atoms. The predicted molar refractivity (Wildman–Crippen MR) is 69.9 cm³/mol. The summed E-state index contributed by atoms with van der Waals surface area (Å²) >= 11 is 0. The molecule has 2 aliphatic rings. The summed E-state index contributed by atoms with van der Waals surface area (Å²) in [4.78, 5) is 13.6. The Hall–Kier alpha value is -0.780. The lowest BCUT2D eigenvalue weighted by Crippen LogP contribution is -2.45. The van der Waals surface area contributed by atoms with Gasteiger partial charge in [-0.05, 0) is 38.0 Å². The zero-order valence-electron chi connectivity index (χ0n) is 11.7. The molecule has 0 aromatic rings. The Balaban J connectivity index is 1.85. The molecule has 0 aromatic carbocycles. The minimum Gasteiger partial charge on any atom is -0.342 e. The first-order valence-corrected chi connectivity index (χ1v) is 7.46. The van der Waals surface area contributed by atoms with E-state index in [9.17, 15) is 18.0 Å². The molecule has 0 aromatic heterocycles. The van der Waals surface area contributed by atoms with Gasteiger partial charge in [0.05, 0.1) is 5.92 Å². The Kier molecular flexibility index (Phi) is 4.94. The number of nitrogens with zero attached hydrogens (tertiary/aromatic N) is 1. The van der Waals surface area contributed by atoms with E-state index in [0.717, 1.165) is 25.7 Å². The highest BCUT2D eigenvalue weighted by atomic mass is 19.4. The first-order valence-electron chi connectivity index (χ1n) is 7.46. The fourth-order valence-electron chi connectivity index (χ4n) is 3.36. The molecule has 2 N–H and O–H groups in total. The molecule has 3 nitrogen and oxygen atoms in total. The molecule has 1 saturated carbocycles. The molecule has 1 amide bonds. The van der Waals surface area contributed by atoms with Gasteiger partial charge >= 0.3 is 6.18 Å². The molecule has 0 radical (unpaired) electrons. The molecule has 116 valence electrons. The van der Waals surface area contributed by atoms with Crippen molar-refractivity contribution in [3.63, 3.8) is 0 Å². The molecule has 1 aliphatic carbocycles. The van der Waals surface area contributed by atoms with Crippen molar-refractivity contribution >= 4 is 5.91 Å². The van der Waals surface area contributed by atoms with Gasteiger partial charge in [-0.15, -0.1) is 0 Å². The van der Waals surface area contributed by atoms with E-state index >= 15 is 0 Å². The SMILES string of the molecule is NC1CCCC(CC(=O)N2CCCC(C(F)(F)F)C2)C1. The monoisotopic (exact) mass is 292 g/mol. The summed E-state index contributed by atoms with van der Waals surface area (Å²) in [5.41, 5.74) is 5.88. The van der Waals surface area contributed by atoms with Crippen LogP contribution in [0.25, 0.3) is 0 Å². The highest BCUT2D eigenvalue weighted by Gasteiger charge is 2.42. The van der Waals surface area contributed by atoms with Crippen LogP contribution in [0, 0.1) is 11.8 Å². The second-order valence-corrected chi connectivity index (χ2v) is 6.22. The van der Waals surface area contributed by atoms with E-state index in [-0.39, 0.29) is 30.8 Å². The van der Waals surface area contributed by atoms with Crippen molar-refractivity contribution in [3.8, 4) is 0 Å². The fourth-order valence-corrected chi connectivity index (χ4v) is 3.36. The van der Waals surface area contributed by atoms with Crippen molar-refractivity contribution in [3.05, 3.63) is 0 Å². The minimum absolute atomic E-state index is 0.127. The van der Waals surface area contributed by atoms with Gasteiger partial charge in [-0.2, -0.15) is 13.2 Å². The molecule has 3 unspecified atom stereocenters. The zero-order valence-corrected chi connectivity index (χ0v) is 11.7. The van der Waals surface area contributed by atoms with Crippen LogP contribution in [-0.4, -0.2) is 36.1 Å². The third kappa shape index (κ3) is 4.11. The summed E-state index contributed by atoms with van der Waals surface area (Å²) in [6.07, 6.45) is 0.555. The molecular weight excluding hydrogens is 269 g/mol. The van der Waals surface area contributed by atoms with Gasteiger partial charge in [-0.1, -0.05) is 6.42 Å². The number of alkyl halides is 3. The summed E-state index contributed by atoms with van der Waals surface area (Å²) in [7, 11) is 0. The van der Waals surface area contributed by atoms with Crippen LogP contribution in [0.4, 0.5) is 13.2 Å². The van der Waals surface area contributed by atoms with Crippen LogP contribution in [-0.2, 0) is 4.79 Å². The average molecular weight is 292 g/mol. The highest BCUT2D eigenvalue weighted by molar-refractivity contribution is 5.76. The van der Waals surface area contributed by atoms with E-state index in [1.807, 2.05) is 0 Å². The molecule has 1 aliphatic heterocycles. The first kappa shape index (κ1) is 15.6. The molecule has 3 atom stereocenters. The number of amides is 1. The zero-order chi connectivity index (χ0) is 14.8. The predicted octanol–water partition coefficient (Wildman–Crippen LogP) is 2.69. The van der Waals surface area contributed by atoms with Crippen LogP contribution in [0.1, 0.15) is 44.9 Å². The third-order valence-electron chi connectivity index (χ3n) is 4.52. The summed E-state index contributed by atoms with van der Waals surface area (Å²) in [5.74, 6) is -1.23. The van der Waals surface area contributed by atoms with Gasteiger partial charge < -0.3 is 10.6 Å². The lowest BCUT2D eigenvalue weighted by molar-refractivity contribution is -0.188. The van der Waals surface area contributed by atoms with Crippen LogP contribution >= 0.6 is 0 Å². The number of piperidine rings is 1. The normalized spacial score (nSPS) is 32.2. The number of halogens is 3. The molecule has 2 rings (SSSR count). The highest BCUT2D eigenvalue weighted by Crippen LogP contribution is 2.34. The van der Waals surface area contributed by atoms with E-state index in [4.69, 9.17) is 5.73 Å². The van der Waals surface area contributed by atoms with E-state index in [1.165, 1.54) is 4.90 Å². The fraction of sp³-hybridized carbons (Fsp3) is 0.929. The quantitative estimate of drug-likeness (QED) is 0.850. The lowest BCUT2D eigenvalue weighted by Gasteiger charge is -2.35. The topological polar surface area (TPSA) is 46.3 Å². The number of nitrogens with two attached hydrogens (primary N) is 1. The molecule has 2 fully saturated rings. The minimum atomic E-state index is -4.19. The van der Waals surface area contributed by atoms with Crippen LogP contribution in [0.2, 0.25) is 0 Å². The Morgan fingerprint density at radius 2 is 1.95 bits per heavy atom. The maximum Gasteiger partial charge on any atom is 0.393 e. The molecule has 6 heteroatoms. The van der Waals surface area contributed by atoms with Gasteiger partial charge in [0.15, 0.2) is 0 Å². The molecule has 20 heavy (non-hydrogen) atoms. The van der Waals surface area contributed by atoms with Crippen LogP contribution in [0.15, 0.2) is 0 Å². The number of carbonyl (C=O) groups is 1. The van der Waals surface area contributed by atoms with Crippen molar-refractivity contribution in [1.82, 2.24) is 4.90 Å². The smallest absolute Gasteiger partial charge is 0.342 e. The van der Waals surface area contributed by atoms with Crippen LogP contribution in [0.5, 0.6) is 0 Å². The van der Waals surface area contributed by atoms with E-state index in [1.54, 1.807) is 0 Å². The maximum atomic E-state index is 12.7. The third-order valence-corrected chi connectivity index (χ3v) is 4.52. The van der Waals surface area contributed by atoms with E-state index in [2.05, 4.69) is 0 Å². The first-order chi connectivity index (χ1) is 9.36. The van der Waals surface area contributed by atoms with Crippen molar-refractivity contribution in [2.75, 3.05) is 13.1 Å². The van der Waals surface area contributed by atoms with Crippen LogP contribution < -0.4 is 5.73 Å². The lowest BCUT2D eigenvalue weighted by atomic mass is 9.83. The molecular formula is C14H23F3N2O. The van der Waals surface area contributed by atoms with Crippen molar-refractivity contribution in [1.29, 1.82) is 0 Å². The molecule has 1 heterocycles. The number of carbonyl (C=O) groups excluding carboxylic acids is 1. The number of rotatable bonds is 2. The van der Waals surface area contributed by atoms with E-state index < -0.39 is 12.1 Å².